The molecule has 8 nitrogen and oxygen atoms in total. The second-order valence-electron chi connectivity index (χ2n) is 7.65. The summed E-state index contributed by atoms with van der Waals surface area (Å²) < 4.78 is 16.4. The van der Waals surface area contributed by atoms with Crippen LogP contribution in [0.3, 0.4) is 0 Å². The van der Waals surface area contributed by atoms with Crippen LogP contribution in [-0.2, 0) is 22.6 Å². The number of furan rings is 1. The third kappa shape index (κ3) is 8.36. The fourth-order valence-electron chi connectivity index (χ4n) is 3.39. The van der Waals surface area contributed by atoms with E-state index in [1.165, 1.54) is 0 Å². The Labute approximate surface area is 189 Å². The molecule has 8 heteroatoms. The zero-order chi connectivity index (χ0) is 22.4. The van der Waals surface area contributed by atoms with Crippen molar-refractivity contribution in [1.82, 2.24) is 16.0 Å². The molecule has 1 fully saturated rings. The average molecular weight is 443 g/mol. The molecule has 1 aliphatic heterocycles. The first-order valence-corrected chi connectivity index (χ1v) is 11.4. The number of ether oxygens (including phenoxy) is 2. The highest BCUT2D eigenvalue weighted by Crippen LogP contribution is 2.11. The van der Waals surface area contributed by atoms with Crippen LogP contribution < -0.4 is 16.0 Å². The molecule has 0 spiro atoms. The first-order valence-electron chi connectivity index (χ1n) is 11.4. The van der Waals surface area contributed by atoms with Crippen molar-refractivity contribution in [1.29, 1.82) is 0 Å². The van der Waals surface area contributed by atoms with Crippen LogP contribution in [0, 0.1) is 0 Å². The summed E-state index contributed by atoms with van der Waals surface area (Å²) >= 11 is 0. The molecule has 32 heavy (non-hydrogen) atoms. The minimum Gasteiger partial charge on any atom is -0.467 e. The fourth-order valence-corrected chi connectivity index (χ4v) is 3.39. The molecule has 1 aromatic heterocycles. The van der Waals surface area contributed by atoms with Crippen molar-refractivity contribution in [2.45, 2.75) is 45.4 Å². The van der Waals surface area contributed by atoms with Gasteiger partial charge in [-0.2, -0.15) is 0 Å². The van der Waals surface area contributed by atoms with Gasteiger partial charge in [-0.25, -0.2) is 4.99 Å². The monoisotopic (exact) mass is 442 g/mol. The molecule has 0 aliphatic carbocycles. The Morgan fingerprint density at radius 1 is 1.22 bits per heavy atom. The zero-order valence-electron chi connectivity index (χ0n) is 18.8. The minimum atomic E-state index is -0.0779. The smallest absolute Gasteiger partial charge is 0.251 e. The van der Waals surface area contributed by atoms with Gasteiger partial charge in [-0.3, -0.25) is 4.79 Å². The van der Waals surface area contributed by atoms with E-state index in [0.29, 0.717) is 31.9 Å². The molecule has 3 N–H and O–H groups in total. The van der Waals surface area contributed by atoms with Crippen molar-refractivity contribution in [2.24, 2.45) is 4.99 Å². The number of aliphatic imine (C=N–C) groups is 1. The van der Waals surface area contributed by atoms with Gasteiger partial charge in [0.05, 0.1) is 18.9 Å². The Morgan fingerprint density at radius 2 is 2.16 bits per heavy atom. The molecule has 1 atom stereocenters. The zero-order valence-corrected chi connectivity index (χ0v) is 18.8. The molecule has 2 heterocycles. The van der Waals surface area contributed by atoms with Gasteiger partial charge in [-0.1, -0.05) is 12.1 Å². The van der Waals surface area contributed by atoms with Crippen LogP contribution in [0.15, 0.2) is 52.1 Å². The second-order valence-corrected chi connectivity index (χ2v) is 7.65. The Bertz CT molecular complexity index is 832. The van der Waals surface area contributed by atoms with E-state index in [9.17, 15) is 4.79 Å². The minimum absolute atomic E-state index is 0.0779. The van der Waals surface area contributed by atoms with Crippen LogP contribution in [0.2, 0.25) is 0 Å². The predicted molar refractivity (Wildman–Crippen MR) is 124 cm³/mol. The van der Waals surface area contributed by atoms with Crippen LogP contribution in [0.1, 0.15) is 47.9 Å². The lowest BCUT2D eigenvalue weighted by molar-refractivity contribution is 0.0857. The maximum atomic E-state index is 12.5. The number of benzene rings is 1. The summed E-state index contributed by atoms with van der Waals surface area (Å²) in [5, 5.41) is 9.53. The molecule has 1 aliphatic rings. The van der Waals surface area contributed by atoms with Crippen LogP contribution in [0.5, 0.6) is 0 Å². The average Bonchev–Trinajstić information content (AvgIpc) is 3.52. The normalized spacial score (nSPS) is 16.2. The maximum Gasteiger partial charge on any atom is 0.251 e. The molecule has 3 rings (SSSR count). The van der Waals surface area contributed by atoms with Gasteiger partial charge in [0.25, 0.3) is 5.91 Å². The highest BCUT2D eigenvalue weighted by atomic mass is 16.5. The lowest BCUT2D eigenvalue weighted by atomic mass is 10.1. The predicted octanol–water partition coefficient (Wildman–Crippen LogP) is 2.85. The van der Waals surface area contributed by atoms with Gasteiger partial charge in [0.2, 0.25) is 0 Å². The SMILES string of the molecule is CCNC(=NCc1cccc(C(=O)NCC2CCCO2)c1)NCCCOCc1ccco1. The fraction of sp³-hybridized carbons (Fsp3) is 0.500. The van der Waals surface area contributed by atoms with E-state index in [0.717, 1.165) is 56.2 Å². The van der Waals surface area contributed by atoms with Crippen molar-refractivity contribution >= 4 is 11.9 Å². The van der Waals surface area contributed by atoms with Crippen LogP contribution in [0.25, 0.3) is 0 Å². The first-order chi connectivity index (χ1) is 15.7. The lowest BCUT2D eigenvalue weighted by Crippen LogP contribution is -2.38. The number of guanidine groups is 1. The van der Waals surface area contributed by atoms with E-state index in [-0.39, 0.29) is 12.0 Å². The van der Waals surface area contributed by atoms with Crippen molar-refractivity contribution < 1.29 is 18.7 Å². The summed E-state index contributed by atoms with van der Waals surface area (Å²) in [7, 11) is 0. The van der Waals surface area contributed by atoms with E-state index in [1.54, 1.807) is 6.26 Å². The van der Waals surface area contributed by atoms with Gasteiger partial charge in [-0.05, 0) is 56.0 Å². The summed E-state index contributed by atoms with van der Waals surface area (Å²) in [4.78, 5) is 17.1. The number of hydrogen-bond donors (Lipinski definition) is 3. The molecule has 2 aromatic rings. The first kappa shape index (κ1) is 23.8. The summed E-state index contributed by atoms with van der Waals surface area (Å²) in [5.74, 6) is 1.49. The summed E-state index contributed by atoms with van der Waals surface area (Å²) in [6.45, 7) is 6.49. The van der Waals surface area contributed by atoms with Crippen molar-refractivity contribution in [2.75, 3.05) is 32.8 Å². The standard InChI is InChI=1S/C24H34N4O4/c1-2-25-24(26-11-6-12-30-18-22-10-5-14-32-22)28-16-19-7-3-8-20(15-19)23(29)27-17-21-9-4-13-31-21/h3,5,7-8,10,14-15,21H,2,4,6,9,11-13,16-18H2,1H3,(H,27,29)(H2,25,26,28). The summed E-state index contributed by atoms with van der Waals surface area (Å²) in [6, 6.07) is 11.3. The number of rotatable bonds is 12. The number of hydrogen-bond acceptors (Lipinski definition) is 5. The van der Waals surface area contributed by atoms with E-state index in [2.05, 4.69) is 20.9 Å². The molecular formula is C24H34N4O4. The quantitative estimate of drug-likeness (QED) is 0.266. The maximum absolute atomic E-state index is 12.5. The summed E-state index contributed by atoms with van der Waals surface area (Å²) in [5.41, 5.74) is 1.62. The lowest BCUT2D eigenvalue weighted by Gasteiger charge is -2.12. The van der Waals surface area contributed by atoms with Crippen LogP contribution >= 0.6 is 0 Å². The molecule has 174 valence electrons. The highest BCUT2D eigenvalue weighted by molar-refractivity contribution is 5.94. The molecule has 1 saturated heterocycles. The topological polar surface area (TPSA) is 97.1 Å². The number of carbonyl (C=O) groups excluding carboxylic acids is 1. The Kier molecular flexibility index (Phi) is 10.1. The number of nitrogens with one attached hydrogen (secondary N) is 3. The van der Waals surface area contributed by atoms with Gasteiger partial charge in [0, 0.05) is 38.4 Å². The molecule has 1 amide bonds. The third-order valence-corrected chi connectivity index (χ3v) is 5.05. The van der Waals surface area contributed by atoms with E-state index < -0.39 is 0 Å². The summed E-state index contributed by atoms with van der Waals surface area (Å²) in [6.07, 6.45) is 4.70. The van der Waals surface area contributed by atoms with Gasteiger partial charge in [-0.15, -0.1) is 0 Å². The Balaban J connectivity index is 1.41. The third-order valence-electron chi connectivity index (χ3n) is 5.05. The van der Waals surface area contributed by atoms with Gasteiger partial charge >= 0.3 is 0 Å². The van der Waals surface area contributed by atoms with Gasteiger partial charge in [0.1, 0.15) is 12.4 Å². The molecule has 0 radical (unpaired) electrons. The number of amides is 1. The number of carbonyl (C=O) groups is 1. The van der Waals surface area contributed by atoms with Crippen molar-refractivity contribution in [3.8, 4) is 0 Å². The Hall–Kier alpha value is -2.84. The van der Waals surface area contributed by atoms with E-state index in [1.807, 2.05) is 43.3 Å². The molecule has 0 bridgehead atoms. The molecule has 0 saturated carbocycles. The van der Waals surface area contributed by atoms with E-state index >= 15 is 0 Å². The van der Waals surface area contributed by atoms with Gasteiger partial charge in [0.15, 0.2) is 5.96 Å². The van der Waals surface area contributed by atoms with Crippen molar-refractivity contribution in [3.63, 3.8) is 0 Å². The molecular weight excluding hydrogens is 408 g/mol. The van der Waals surface area contributed by atoms with Crippen LogP contribution in [-0.4, -0.2) is 50.8 Å². The van der Waals surface area contributed by atoms with E-state index in [4.69, 9.17) is 13.9 Å². The van der Waals surface area contributed by atoms with Crippen LogP contribution in [0.4, 0.5) is 0 Å². The second kappa shape index (κ2) is 13.5. The Morgan fingerprint density at radius 3 is 2.94 bits per heavy atom. The molecule has 1 unspecified atom stereocenters. The largest absolute Gasteiger partial charge is 0.467 e. The van der Waals surface area contributed by atoms with Gasteiger partial charge < -0.3 is 29.8 Å². The molecule has 1 aromatic carbocycles. The highest BCUT2D eigenvalue weighted by Gasteiger charge is 2.16. The number of nitrogens with zero attached hydrogens (tertiary/aromatic N) is 1. The van der Waals surface area contributed by atoms with Crippen molar-refractivity contribution in [3.05, 3.63) is 59.5 Å².